The standard InChI is InChI=1S/C19H22N4O3/c1-4-16(19(26)20-15-7-5-6-14(11-15)13(3)24)23-17-10-12(2)21-22(17)9-8-18(23)25/h5-7,10-11,16H,4,8-9H2,1-3H3,(H,20,26)/t16-/m0/s1. The Morgan fingerprint density at radius 2 is 2.08 bits per heavy atom. The Morgan fingerprint density at radius 3 is 2.77 bits per heavy atom. The van der Waals surface area contributed by atoms with Gasteiger partial charge in [-0.2, -0.15) is 5.10 Å². The van der Waals surface area contributed by atoms with Gasteiger partial charge in [0.15, 0.2) is 5.78 Å². The first kappa shape index (κ1) is 17.8. The van der Waals surface area contributed by atoms with E-state index in [0.29, 0.717) is 36.5 Å². The van der Waals surface area contributed by atoms with Crippen LogP contribution in [0.4, 0.5) is 11.5 Å². The smallest absolute Gasteiger partial charge is 0.247 e. The van der Waals surface area contributed by atoms with Crippen LogP contribution in [0.2, 0.25) is 0 Å². The van der Waals surface area contributed by atoms with Crippen LogP contribution in [0.3, 0.4) is 0 Å². The molecule has 1 aliphatic rings. The third-order valence-electron chi connectivity index (χ3n) is 4.47. The maximum Gasteiger partial charge on any atom is 0.247 e. The van der Waals surface area contributed by atoms with Gasteiger partial charge in [-0.3, -0.25) is 19.3 Å². The van der Waals surface area contributed by atoms with E-state index in [0.717, 1.165) is 5.69 Å². The van der Waals surface area contributed by atoms with Crippen molar-refractivity contribution < 1.29 is 14.4 Å². The zero-order valence-electron chi connectivity index (χ0n) is 15.2. The molecule has 1 N–H and O–H groups in total. The van der Waals surface area contributed by atoms with Crippen LogP contribution < -0.4 is 10.2 Å². The SMILES string of the molecule is CC[C@@H](C(=O)Nc1cccc(C(C)=O)c1)N1C(=O)CCn2nc(C)cc21. The topological polar surface area (TPSA) is 84.3 Å². The van der Waals surface area contributed by atoms with Crippen molar-refractivity contribution in [3.63, 3.8) is 0 Å². The van der Waals surface area contributed by atoms with E-state index < -0.39 is 6.04 Å². The molecule has 136 valence electrons. The number of hydrogen-bond acceptors (Lipinski definition) is 4. The lowest BCUT2D eigenvalue weighted by Gasteiger charge is -2.33. The van der Waals surface area contributed by atoms with Gasteiger partial charge in [0.2, 0.25) is 11.8 Å². The number of Topliss-reactive ketones (excluding diaryl/α,β-unsaturated/α-hetero) is 1. The van der Waals surface area contributed by atoms with Crippen LogP contribution in [0, 0.1) is 6.92 Å². The highest BCUT2D eigenvalue weighted by atomic mass is 16.2. The molecule has 1 aromatic carbocycles. The van der Waals surface area contributed by atoms with Crippen LogP contribution in [-0.2, 0) is 16.1 Å². The number of anilines is 2. The molecule has 0 aliphatic carbocycles. The first-order valence-corrected chi connectivity index (χ1v) is 8.69. The van der Waals surface area contributed by atoms with Crippen LogP contribution in [-0.4, -0.2) is 33.4 Å². The highest BCUT2D eigenvalue weighted by Crippen LogP contribution is 2.26. The number of hydrogen-bond donors (Lipinski definition) is 1. The van der Waals surface area contributed by atoms with E-state index in [1.54, 1.807) is 28.9 Å². The number of rotatable bonds is 5. The van der Waals surface area contributed by atoms with Gasteiger partial charge in [-0.05, 0) is 32.4 Å². The molecule has 1 aliphatic heterocycles. The summed E-state index contributed by atoms with van der Waals surface area (Å²) in [6, 6.07) is 7.97. The first-order valence-electron chi connectivity index (χ1n) is 8.69. The molecule has 0 radical (unpaired) electrons. The molecule has 2 amide bonds. The predicted molar refractivity (Wildman–Crippen MR) is 98.2 cm³/mol. The molecule has 0 saturated heterocycles. The number of ketones is 1. The van der Waals surface area contributed by atoms with E-state index in [9.17, 15) is 14.4 Å². The Kier molecular flexibility index (Phi) is 4.88. The molecule has 1 aromatic heterocycles. The van der Waals surface area contributed by atoms with Crippen LogP contribution in [0.25, 0.3) is 0 Å². The van der Waals surface area contributed by atoms with Crippen LogP contribution >= 0.6 is 0 Å². The normalized spacial score (nSPS) is 14.7. The summed E-state index contributed by atoms with van der Waals surface area (Å²) < 4.78 is 1.77. The quantitative estimate of drug-likeness (QED) is 0.836. The summed E-state index contributed by atoms with van der Waals surface area (Å²) in [5.74, 6) is 0.211. The molecule has 0 fully saturated rings. The number of carbonyl (C=O) groups is 3. The average Bonchev–Trinajstić information content (AvgIpc) is 2.98. The molecule has 0 saturated carbocycles. The fourth-order valence-electron chi connectivity index (χ4n) is 3.20. The highest BCUT2D eigenvalue weighted by Gasteiger charge is 2.34. The zero-order chi connectivity index (χ0) is 18.8. The second kappa shape index (κ2) is 7.11. The molecule has 7 heteroatoms. The molecule has 2 aromatic rings. The van der Waals surface area contributed by atoms with Crippen molar-refractivity contribution in [1.29, 1.82) is 0 Å². The second-order valence-corrected chi connectivity index (χ2v) is 6.43. The van der Waals surface area contributed by atoms with Crippen molar-refractivity contribution in [2.24, 2.45) is 0 Å². The fourth-order valence-corrected chi connectivity index (χ4v) is 3.20. The average molecular weight is 354 g/mol. The molecule has 0 unspecified atom stereocenters. The lowest BCUT2D eigenvalue weighted by Crippen LogP contribution is -2.50. The number of carbonyl (C=O) groups excluding carboxylic acids is 3. The summed E-state index contributed by atoms with van der Waals surface area (Å²) in [5.41, 5.74) is 1.87. The summed E-state index contributed by atoms with van der Waals surface area (Å²) in [4.78, 5) is 38.5. The lowest BCUT2D eigenvalue weighted by atomic mass is 10.1. The van der Waals surface area contributed by atoms with Gasteiger partial charge >= 0.3 is 0 Å². The molecule has 7 nitrogen and oxygen atoms in total. The van der Waals surface area contributed by atoms with Gasteiger partial charge in [0, 0.05) is 23.7 Å². The number of nitrogens with one attached hydrogen (secondary N) is 1. The predicted octanol–water partition coefficient (Wildman–Crippen LogP) is 2.55. The fraction of sp³-hybridized carbons (Fsp3) is 0.368. The molecule has 3 rings (SSSR count). The van der Waals surface area contributed by atoms with E-state index in [2.05, 4.69) is 10.4 Å². The number of benzene rings is 1. The maximum atomic E-state index is 12.9. The van der Waals surface area contributed by atoms with Crippen molar-refractivity contribution in [1.82, 2.24) is 9.78 Å². The van der Waals surface area contributed by atoms with E-state index in [-0.39, 0.29) is 17.6 Å². The third kappa shape index (κ3) is 3.37. The molecular formula is C19H22N4O3. The summed E-state index contributed by atoms with van der Waals surface area (Å²) in [6.07, 6.45) is 0.784. The van der Waals surface area contributed by atoms with E-state index in [1.807, 2.05) is 19.9 Å². The highest BCUT2D eigenvalue weighted by molar-refractivity contribution is 6.05. The van der Waals surface area contributed by atoms with Crippen molar-refractivity contribution in [3.05, 3.63) is 41.6 Å². The van der Waals surface area contributed by atoms with Gasteiger partial charge in [-0.15, -0.1) is 0 Å². The van der Waals surface area contributed by atoms with Gasteiger partial charge in [-0.25, -0.2) is 4.68 Å². The first-order chi connectivity index (χ1) is 12.4. The molecule has 2 heterocycles. The second-order valence-electron chi connectivity index (χ2n) is 6.43. The third-order valence-corrected chi connectivity index (χ3v) is 4.47. The maximum absolute atomic E-state index is 12.9. The van der Waals surface area contributed by atoms with Gasteiger partial charge < -0.3 is 5.32 Å². The Balaban J connectivity index is 1.86. The largest absolute Gasteiger partial charge is 0.324 e. The minimum atomic E-state index is -0.640. The summed E-state index contributed by atoms with van der Waals surface area (Å²) in [6.45, 7) is 5.73. The molecule has 0 spiro atoms. The molecular weight excluding hydrogens is 332 g/mol. The Hall–Kier alpha value is -2.96. The van der Waals surface area contributed by atoms with Crippen LogP contribution in [0.1, 0.15) is 42.7 Å². The van der Waals surface area contributed by atoms with Gasteiger partial charge in [-0.1, -0.05) is 19.1 Å². The van der Waals surface area contributed by atoms with Crippen molar-refractivity contribution in [3.8, 4) is 0 Å². The minimum Gasteiger partial charge on any atom is -0.324 e. The summed E-state index contributed by atoms with van der Waals surface area (Å²) in [7, 11) is 0. The van der Waals surface area contributed by atoms with Crippen molar-refractivity contribution >= 4 is 29.1 Å². The minimum absolute atomic E-state index is 0.0706. The van der Waals surface area contributed by atoms with Gasteiger partial charge in [0.1, 0.15) is 11.9 Å². The number of fused-ring (bicyclic) bond motifs is 1. The lowest BCUT2D eigenvalue weighted by molar-refractivity contribution is -0.124. The number of nitrogens with zero attached hydrogens (tertiary/aromatic N) is 3. The summed E-state index contributed by atoms with van der Waals surface area (Å²) >= 11 is 0. The molecule has 0 bridgehead atoms. The Morgan fingerprint density at radius 1 is 1.31 bits per heavy atom. The van der Waals surface area contributed by atoms with Crippen LogP contribution in [0.15, 0.2) is 30.3 Å². The number of aromatic nitrogens is 2. The van der Waals surface area contributed by atoms with E-state index in [4.69, 9.17) is 0 Å². The zero-order valence-corrected chi connectivity index (χ0v) is 15.2. The van der Waals surface area contributed by atoms with Crippen LogP contribution in [0.5, 0.6) is 0 Å². The number of amides is 2. The van der Waals surface area contributed by atoms with Crippen molar-refractivity contribution in [2.75, 3.05) is 10.2 Å². The van der Waals surface area contributed by atoms with Gasteiger partial charge in [0.05, 0.1) is 12.2 Å². The molecule has 26 heavy (non-hydrogen) atoms. The van der Waals surface area contributed by atoms with E-state index in [1.165, 1.54) is 11.8 Å². The van der Waals surface area contributed by atoms with E-state index >= 15 is 0 Å². The Bertz CT molecular complexity index is 871. The van der Waals surface area contributed by atoms with Gasteiger partial charge in [0.25, 0.3) is 0 Å². The summed E-state index contributed by atoms with van der Waals surface area (Å²) in [5, 5.41) is 7.21. The number of aryl methyl sites for hydroxylation is 2. The Labute approximate surface area is 152 Å². The molecule has 1 atom stereocenters. The van der Waals surface area contributed by atoms with Crippen molar-refractivity contribution in [2.45, 2.75) is 46.2 Å². The monoisotopic (exact) mass is 354 g/mol.